The van der Waals surface area contributed by atoms with Gasteiger partial charge in [0.15, 0.2) is 11.0 Å². The van der Waals surface area contributed by atoms with Gasteiger partial charge in [0.2, 0.25) is 0 Å². The number of morpholine rings is 1. The van der Waals surface area contributed by atoms with Crippen LogP contribution in [-0.4, -0.2) is 37.8 Å². The third-order valence-corrected chi connectivity index (χ3v) is 3.80. The molecular formula is C14H21Cl2N3O. The van der Waals surface area contributed by atoms with Crippen LogP contribution in [0.2, 0.25) is 0 Å². The van der Waals surface area contributed by atoms with Gasteiger partial charge < -0.3 is 34.5 Å². The first-order valence-corrected chi connectivity index (χ1v) is 6.73. The van der Waals surface area contributed by atoms with Crippen molar-refractivity contribution < 1.29 is 39.0 Å². The molecule has 1 aromatic carbocycles. The Morgan fingerprint density at radius 2 is 1.90 bits per heavy atom. The summed E-state index contributed by atoms with van der Waals surface area (Å²) in [7, 11) is 0. The molecule has 20 heavy (non-hydrogen) atoms. The summed E-state index contributed by atoms with van der Waals surface area (Å²) in [5.41, 5.74) is 2.54. The van der Waals surface area contributed by atoms with Gasteiger partial charge in [-0.15, -0.1) is 0 Å². The fraction of sp³-hybridized carbons (Fsp3) is 0.500. The molecule has 1 aliphatic rings. The molecule has 2 aromatic rings. The van der Waals surface area contributed by atoms with Crippen LogP contribution in [0.3, 0.4) is 0 Å². The first-order valence-electron chi connectivity index (χ1n) is 6.73. The van der Waals surface area contributed by atoms with Crippen LogP contribution >= 0.6 is 0 Å². The number of H-pyrrole nitrogens is 1. The first-order chi connectivity index (χ1) is 8.84. The van der Waals surface area contributed by atoms with Gasteiger partial charge in [-0.2, -0.15) is 0 Å². The third kappa shape index (κ3) is 3.64. The predicted molar refractivity (Wildman–Crippen MR) is 69.6 cm³/mol. The summed E-state index contributed by atoms with van der Waals surface area (Å²) in [6.07, 6.45) is 0. The van der Waals surface area contributed by atoms with E-state index in [0.29, 0.717) is 0 Å². The number of quaternary nitrogens is 1. The van der Waals surface area contributed by atoms with Crippen molar-refractivity contribution in [1.29, 1.82) is 0 Å². The van der Waals surface area contributed by atoms with Crippen LogP contribution in [0.15, 0.2) is 24.3 Å². The molecule has 4 nitrogen and oxygen atoms in total. The summed E-state index contributed by atoms with van der Waals surface area (Å²) < 4.78 is 7.78. The molecule has 0 bridgehead atoms. The highest BCUT2D eigenvalue weighted by atomic mass is 35.5. The van der Waals surface area contributed by atoms with E-state index < -0.39 is 0 Å². The Labute approximate surface area is 131 Å². The molecule has 1 saturated heterocycles. The van der Waals surface area contributed by atoms with Crippen molar-refractivity contribution in [3.05, 3.63) is 30.1 Å². The molecular weight excluding hydrogens is 297 g/mol. The van der Waals surface area contributed by atoms with Gasteiger partial charge in [0, 0.05) is 6.92 Å². The SMILES string of the molecule is Cc1[nH]c2ccccc2[n+]1CC[NH+]1CCOCC1.[Cl-].[Cl-]. The normalized spacial score (nSPS) is 15.7. The smallest absolute Gasteiger partial charge is 0.252 e. The third-order valence-electron chi connectivity index (χ3n) is 3.80. The van der Waals surface area contributed by atoms with Crippen LogP contribution in [0, 0.1) is 6.92 Å². The van der Waals surface area contributed by atoms with Crippen LogP contribution in [0.1, 0.15) is 5.82 Å². The highest BCUT2D eigenvalue weighted by Gasteiger charge is 2.18. The summed E-state index contributed by atoms with van der Waals surface area (Å²) in [5.74, 6) is 1.24. The van der Waals surface area contributed by atoms with E-state index in [-0.39, 0.29) is 24.8 Å². The summed E-state index contributed by atoms with van der Waals surface area (Å²) in [6, 6.07) is 8.51. The Bertz CT molecular complexity index is 538. The molecule has 0 aliphatic carbocycles. The number of benzene rings is 1. The van der Waals surface area contributed by atoms with Crippen molar-refractivity contribution in [2.75, 3.05) is 32.8 Å². The Balaban J connectivity index is 0.000001000. The van der Waals surface area contributed by atoms with Crippen LogP contribution in [0.4, 0.5) is 0 Å². The van der Waals surface area contributed by atoms with Crippen molar-refractivity contribution >= 4 is 11.0 Å². The molecule has 0 atom stereocenters. The van der Waals surface area contributed by atoms with Crippen LogP contribution in [0.5, 0.6) is 0 Å². The largest absolute Gasteiger partial charge is 1.00 e. The lowest BCUT2D eigenvalue weighted by molar-refractivity contribution is -0.924. The number of fused-ring (bicyclic) bond motifs is 1. The maximum Gasteiger partial charge on any atom is 0.252 e. The number of hydrogen-bond acceptors (Lipinski definition) is 1. The average molecular weight is 318 g/mol. The van der Waals surface area contributed by atoms with Crippen molar-refractivity contribution in [2.45, 2.75) is 13.5 Å². The number of rotatable bonds is 3. The molecule has 2 heterocycles. The Morgan fingerprint density at radius 1 is 1.20 bits per heavy atom. The van der Waals surface area contributed by atoms with E-state index >= 15 is 0 Å². The standard InChI is InChI=1S/C14H19N3O.2ClH/c1-12-15-13-4-2-3-5-14(13)17(12)7-6-16-8-10-18-11-9-16;;/h2-5H,6-11H2,1H3;2*1H. The second-order valence-electron chi connectivity index (χ2n) is 4.99. The van der Waals surface area contributed by atoms with E-state index in [1.54, 1.807) is 4.90 Å². The quantitative estimate of drug-likeness (QED) is 0.543. The fourth-order valence-electron chi connectivity index (χ4n) is 2.73. The molecule has 0 radical (unpaired) electrons. The zero-order valence-corrected chi connectivity index (χ0v) is 13.2. The summed E-state index contributed by atoms with van der Waals surface area (Å²) >= 11 is 0. The van der Waals surface area contributed by atoms with Gasteiger partial charge in [0.25, 0.3) is 5.82 Å². The second kappa shape index (κ2) is 7.84. The molecule has 0 spiro atoms. The number of aryl methyl sites for hydroxylation is 1. The van der Waals surface area contributed by atoms with Crippen molar-refractivity contribution in [3.8, 4) is 0 Å². The summed E-state index contributed by atoms with van der Waals surface area (Å²) in [6.45, 7) is 8.50. The van der Waals surface area contributed by atoms with E-state index in [2.05, 4.69) is 40.7 Å². The predicted octanol–water partition coefficient (Wildman–Crippen LogP) is -6.31. The van der Waals surface area contributed by atoms with E-state index in [9.17, 15) is 0 Å². The number of nitrogens with zero attached hydrogens (tertiary/aromatic N) is 1. The lowest BCUT2D eigenvalue weighted by Gasteiger charge is -2.23. The van der Waals surface area contributed by atoms with Gasteiger partial charge in [-0.25, -0.2) is 9.55 Å². The second-order valence-corrected chi connectivity index (χ2v) is 4.99. The zero-order valence-electron chi connectivity index (χ0n) is 11.7. The van der Waals surface area contributed by atoms with Crippen molar-refractivity contribution in [2.24, 2.45) is 0 Å². The first kappa shape index (κ1) is 17.2. The van der Waals surface area contributed by atoms with E-state index in [0.717, 1.165) is 32.8 Å². The van der Waals surface area contributed by atoms with Crippen LogP contribution in [0.25, 0.3) is 11.0 Å². The monoisotopic (exact) mass is 317 g/mol. The zero-order chi connectivity index (χ0) is 12.4. The van der Waals surface area contributed by atoms with Crippen molar-refractivity contribution in [3.63, 3.8) is 0 Å². The maximum atomic E-state index is 5.40. The molecule has 2 N–H and O–H groups in total. The number of imidazole rings is 1. The van der Waals surface area contributed by atoms with Crippen LogP contribution in [-0.2, 0) is 11.3 Å². The minimum Gasteiger partial charge on any atom is -1.00 e. The molecule has 1 aliphatic heterocycles. The molecule has 3 rings (SSSR count). The number of ether oxygens (including phenoxy) is 1. The highest BCUT2D eigenvalue weighted by molar-refractivity contribution is 5.70. The summed E-state index contributed by atoms with van der Waals surface area (Å²) in [4.78, 5) is 5.10. The molecule has 6 heteroatoms. The minimum absolute atomic E-state index is 0. The van der Waals surface area contributed by atoms with E-state index in [4.69, 9.17) is 4.74 Å². The molecule has 0 amide bonds. The topological polar surface area (TPSA) is 33.3 Å². The minimum atomic E-state index is 0. The molecule has 1 aromatic heterocycles. The Hall–Kier alpha value is -0.810. The number of hydrogen-bond donors (Lipinski definition) is 2. The summed E-state index contributed by atoms with van der Waals surface area (Å²) in [5, 5.41) is 0. The number of halogens is 2. The van der Waals surface area contributed by atoms with Gasteiger partial charge in [-0.05, 0) is 12.1 Å². The van der Waals surface area contributed by atoms with Crippen LogP contribution < -0.4 is 34.3 Å². The van der Waals surface area contributed by atoms with Gasteiger partial charge in [-0.1, -0.05) is 12.1 Å². The van der Waals surface area contributed by atoms with E-state index in [1.807, 2.05) is 0 Å². The van der Waals surface area contributed by atoms with Gasteiger partial charge >= 0.3 is 0 Å². The number of aromatic amines is 1. The highest BCUT2D eigenvalue weighted by Crippen LogP contribution is 2.07. The van der Waals surface area contributed by atoms with E-state index in [1.165, 1.54) is 23.4 Å². The number of nitrogens with one attached hydrogen (secondary N) is 2. The number of para-hydroxylation sites is 2. The molecule has 1 fully saturated rings. The van der Waals surface area contributed by atoms with Crippen molar-refractivity contribution in [1.82, 2.24) is 4.98 Å². The lowest BCUT2D eigenvalue weighted by atomic mass is 10.3. The molecule has 0 unspecified atom stereocenters. The van der Waals surface area contributed by atoms with Gasteiger partial charge in [0.05, 0.1) is 13.2 Å². The Kier molecular flexibility index (Phi) is 6.76. The fourth-order valence-corrected chi connectivity index (χ4v) is 2.73. The molecule has 0 saturated carbocycles. The van der Waals surface area contributed by atoms with Gasteiger partial charge in [-0.3, -0.25) is 0 Å². The number of aromatic nitrogens is 2. The Morgan fingerprint density at radius 3 is 2.65 bits per heavy atom. The maximum absolute atomic E-state index is 5.40. The lowest BCUT2D eigenvalue weighted by Crippen LogP contribution is -3.14. The average Bonchev–Trinajstić information content (AvgIpc) is 2.73. The molecule has 112 valence electrons. The van der Waals surface area contributed by atoms with Gasteiger partial charge in [0.1, 0.15) is 26.2 Å².